The van der Waals surface area contributed by atoms with Crippen LogP contribution in [0.1, 0.15) is 39.1 Å². The lowest BCUT2D eigenvalue weighted by Crippen LogP contribution is -2.42. The summed E-state index contributed by atoms with van der Waals surface area (Å²) in [7, 11) is 0. The molecule has 0 unspecified atom stereocenters. The van der Waals surface area contributed by atoms with Crippen molar-refractivity contribution in [2.75, 3.05) is 31.6 Å². The first-order chi connectivity index (χ1) is 14.9. The highest BCUT2D eigenvalue weighted by atomic mass is 32.1. The number of nitrogens with one attached hydrogen (secondary N) is 1. The molecule has 1 amide bonds. The molecule has 1 saturated heterocycles. The van der Waals surface area contributed by atoms with Crippen LogP contribution in [0.25, 0.3) is 0 Å². The number of benzene rings is 1. The summed E-state index contributed by atoms with van der Waals surface area (Å²) in [5, 5.41) is 3.53. The Morgan fingerprint density at radius 2 is 2.00 bits per heavy atom. The quantitative estimate of drug-likeness (QED) is 0.631. The molecule has 0 spiro atoms. The minimum absolute atomic E-state index is 0.0488. The fourth-order valence-electron chi connectivity index (χ4n) is 3.78. The van der Waals surface area contributed by atoms with Crippen LogP contribution in [0.2, 0.25) is 0 Å². The Balaban J connectivity index is 1.40. The Bertz CT molecular complexity index is 1050. The first-order valence-corrected chi connectivity index (χ1v) is 11.4. The molecule has 0 aliphatic carbocycles. The summed E-state index contributed by atoms with van der Waals surface area (Å²) in [6.45, 7) is 8.36. The Morgan fingerprint density at radius 1 is 1.19 bits per heavy atom. The predicted octanol–water partition coefficient (Wildman–Crippen LogP) is 4.07. The molecule has 1 aromatic carbocycles. The second-order valence-corrected chi connectivity index (χ2v) is 9.36. The number of rotatable bonds is 6. The van der Waals surface area contributed by atoms with Gasteiger partial charge in [0.1, 0.15) is 6.10 Å². The van der Waals surface area contributed by atoms with Gasteiger partial charge in [0.2, 0.25) is 5.91 Å². The van der Waals surface area contributed by atoms with Crippen molar-refractivity contribution in [2.24, 2.45) is 0 Å². The van der Waals surface area contributed by atoms with E-state index < -0.39 is 0 Å². The number of carbonyl (C=O) groups excluding carboxylic acids is 1. The van der Waals surface area contributed by atoms with E-state index in [0.717, 1.165) is 29.2 Å². The van der Waals surface area contributed by atoms with Crippen LogP contribution in [0, 0.1) is 20.8 Å². The fourth-order valence-corrected chi connectivity index (χ4v) is 4.46. The summed E-state index contributed by atoms with van der Waals surface area (Å²) in [6, 6.07) is 12.9. The molecule has 0 bridgehead atoms. The van der Waals surface area contributed by atoms with E-state index >= 15 is 0 Å². The molecular formula is C24H28N4O2S. The normalized spacial score (nSPS) is 16.9. The molecule has 3 heterocycles. The minimum atomic E-state index is -0.139. The summed E-state index contributed by atoms with van der Waals surface area (Å²) in [5.41, 5.74) is 5.69. The van der Waals surface area contributed by atoms with E-state index in [0.29, 0.717) is 24.8 Å². The molecule has 0 saturated carbocycles. The number of nitrogens with zero attached hydrogens (tertiary/aromatic N) is 3. The van der Waals surface area contributed by atoms with E-state index in [1.807, 2.05) is 13.8 Å². The lowest BCUT2D eigenvalue weighted by molar-refractivity contribution is -0.119. The number of thiazole rings is 1. The van der Waals surface area contributed by atoms with Crippen LogP contribution in [0.3, 0.4) is 0 Å². The van der Waals surface area contributed by atoms with Gasteiger partial charge in [0.05, 0.1) is 18.8 Å². The van der Waals surface area contributed by atoms with Crippen LogP contribution in [-0.4, -0.2) is 47.0 Å². The summed E-state index contributed by atoms with van der Waals surface area (Å²) in [5.74, 6) is -0.0488. The maximum atomic E-state index is 12.4. The third-order valence-corrected chi connectivity index (χ3v) is 6.11. The summed E-state index contributed by atoms with van der Waals surface area (Å²) < 4.78 is 6.03. The molecule has 1 aliphatic rings. The monoisotopic (exact) mass is 436 g/mol. The summed E-state index contributed by atoms with van der Waals surface area (Å²) in [6.07, 6.45) is 2.49. The standard InChI is InChI=1S/C24H28N4O2S/c1-16-4-6-19(7-5-16)11-20-10-17(2)26-21(12-20)22-14-28(8-9-30-22)15-23(29)27-24-25-13-18(3)31-24/h4-7,10,12-13,22H,8-9,11,14-15H2,1-3H3,(H,25,27,29)/t22-/m1/s1. The number of aromatic nitrogens is 2. The molecule has 4 rings (SSSR count). The maximum absolute atomic E-state index is 12.4. The molecule has 1 aliphatic heterocycles. The number of morpholine rings is 1. The Kier molecular flexibility index (Phi) is 6.75. The smallest absolute Gasteiger partial charge is 0.240 e. The highest BCUT2D eigenvalue weighted by Crippen LogP contribution is 2.24. The predicted molar refractivity (Wildman–Crippen MR) is 124 cm³/mol. The number of ether oxygens (including phenoxy) is 1. The van der Waals surface area contributed by atoms with Crippen LogP contribution >= 0.6 is 11.3 Å². The highest BCUT2D eigenvalue weighted by molar-refractivity contribution is 7.15. The molecule has 162 valence electrons. The van der Waals surface area contributed by atoms with Gasteiger partial charge >= 0.3 is 0 Å². The maximum Gasteiger partial charge on any atom is 0.240 e. The second kappa shape index (κ2) is 9.68. The van der Waals surface area contributed by atoms with Gasteiger partial charge in [0.15, 0.2) is 5.13 Å². The number of amides is 1. The zero-order valence-electron chi connectivity index (χ0n) is 18.2. The second-order valence-electron chi connectivity index (χ2n) is 8.12. The van der Waals surface area contributed by atoms with Gasteiger partial charge in [-0.1, -0.05) is 29.8 Å². The van der Waals surface area contributed by atoms with Gasteiger partial charge in [-0.2, -0.15) is 0 Å². The van der Waals surface area contributed by atoms with Crippen molar-refractivity contribution in [3.63, 3.8) is 0 Å². The average Bonchev–Trinajstić information content (AvgIpc) is 3.14. The largest absolute Gasteiger partial charge is 0.369 e. The topological polar surface area (TPSA) is 67.4 Å². The lowest BCUT2D eigenvalue weighted by Gasteiger charge is -2.32. The van der Waals surface area contributed by atoms with Gasteiger partial charge in [-0.15, -0.1) is 11.3 Å². The number of carbonyl (C=O) groups is 1. The van der Waals surface area contributed by atoms with Crippen molar-refractivity contribution in [2.45, 2.75) is 33.3 Å². The first-order valence-electron chi connectivity index (χ1n) is 10.5. The molecule has 6 nitrogen and oxygen atoms in total. The van der Waals surface area contributed by atoms with Gasteiger partial charge in [-0.3, -0.25) is 14.7 Å². The number of pyridine rings is 1. The van der Waals surface area contributed by atoms with Crippen molar-refractivity contribution in [3.05, 3.63) is 75.6 Å². The Labute approximate surface area is 187 Å². The summed E-state index contributed by atoms with van der Waals surface area (Å²) in [4.78, 5) is 24.6. The van der Waals surface area contributed by atoms with Crippen molar-refractivity contribution < 1.29 is 9.53 Å². The number of hydrogen-bond donors (Lipinski definition) is 1. The van der Waals surface area contributed by atoms with Crippen LogP contribution in [-0.2, 0) is 16.0 Å². The number of aryl methyl sites for hydroxylation is 3. The van der Waals surface area contributed by atoms with E-state index in [2.05, 4.69) is 58.5 Å². The van der Waals surface area contributed by atoms with E-state index in [1.165, 1.54) is 28.0 Å². The zero-order valence-corrected chi connectivity index (χ0v) is 19.0. The zero-order chi connectivity index (χ0) is 21.8. The van der Waals surface area contributed by atoms with E-state index in [-0.39, 0.29) is 12.0 Å². The first kappa shape index (κ1) is 21.6. The molecular weight excluding hydrogens is 408 g/mol. The van der Waals surface area contributed by atoms with Crippen LogP contribution in [0.5, 0.6) is 0 Å². The van der Waals surface area contributed by atoms with E-state index in [4.69, 9.17) is 9.72 Å². The van der Waals surface area contributed by atoms with Crippen molar-refractivity contribution in [3.8, 4) is 0 Å². The molecule has 0 radical (unpaired) electrons. The van der Waals surface area contributed by atoms with Crippen molar-refractivity contribution in [1.29, 1.82) is 0 Å². The van der Waals surface area contributed by atoms with Gasteiger partial charge in [-0.25, -0.2) is 4.98 Å². The van der Waals surface area contributed by atoms with E-state index in [1.54, 1.807) is 6.20 Å². The fraction of sp³-hybridized carbons (Fsp3) is 0.375. The molecule has 2 aromatic heterocycles. The summed E-state index contributed by atoms with van der Waals surface area (Å²) >= 11 is 1.48. The van der Waals surface area contributed by atoms with Crippen LogP contribution < -0.4 is 5.32 Å². The van der Waals surface area contributed by atoms with Gasteiger partial charge in [0.25, 0.3) is 0 Å². The molecule has 1 N–H and O–H groups in total. The van der Waals surface area contributed by atoms with Gasteiger partial charge in [-0.05, 0) is 50.5 Å². The molecule has 1 fully saturated rings. The average molecular weight is 437 g/mol. The van der Waals surface area contributed by atoms with Crippen LogP contribution in [0.4, 0.5) is 5.13 Å². The SMILES string of the molecule is Cc1ccc(Cc2cc(C)nc([C@H]3CN(CC(=O)Nc4ncc(C)s4)CCO3)c2)cc1. The lowest BCUT2D eigenvalue weighted by atomic mass is 10.0. The molecule has 3 aromatic rings. The Hall–Kier alpha value is -2.61. The number of hydrogen-bond acceptors (Lipinski definition) is 6. The molecule has 31 heavy (non-hydrogen) atoms. The minimum Gasteiger partial charge on any atom is -0.369 e. The molecule has 1 atom stereocenters. The van der Waals surface area contributed by atoms with Crippen molar-refractivity contribution >= 4 is 22.4 Å². The highest BCUT2D eigenvalue weighted by Gasteiger charge is 2.25. The van der Waals surface area contributed by atoms with Crippen molar-refractivity contribution in [1.82, 2.24) is 14.9 Å². The van der Waals surface area contributed by atoms with Gasteiger partial charge < -0.3 is 10.1 Å². The number of anilines is 1. The Morgan fingerprint density at radius 3 is 2.74 bits per heavy atom. The van der Waals surface area contributed by atoms with Gasteiger partial charge in [0, 0.05) is 29.9 Å². The third kappa shape index (κ3) is 5.97. The third-order valence-electron chi connectivity index (χ3n) is 5.28. The molecule has 7 heteroatoms. The van der Waals surface area contributed by atoms with Crippen LogP contribution in [0.15, 0.2) is 42.6 Å². The van der Waals surface area contributed by atoms with E-state index in [9.17, 15) is 4.79 Å².